The van der Waals surface area contributed by atoms with Gasteiger partial charge < -0.3 is 24.6 Å². The fraction of sp³-hybridized carbons (Fsp3) is 0.464. The number of carbonyl (C=O) groups excluding carboxylic acids is 3. The van der Waals surface area contributed by atoms with Gasteiger partial charge in [0.05, 0.1) is 12.5 Å². The van der Waals surface area contributed by atoms with Gasteiger partial charge in [-0.3, -0.25) is 14.4 Å². The van der Waals surface area contributed by atoms with Crippen LogP contribution in [-0.4, -0.2) is 66.6 Å². The molecule has 0 radical (unpaired) electrons. The van der Waals surface area contributed by atoms with E-state index < -0.39 is 17.6 Å². The molecule has 1 N–H and O–H groups in total. The van der Waals surface area contributed by atoms with Gasteiger partial charge in [-0.25, -0.2) is 0 Å². The highest BCUT2D eigenvalue weighted by atomic mass is 16.5. The van der Waals surface area contributed by atoms with Crippen molar-refractivity contribution < 1.29 is 23.9 Å². The van der Waals surface area contributed by atoms with Crippen molar-refractivity contribution in [3.8, 4) is 0 Å². The Morgan fingerprint density at radius 2 is 1.72 bits per heavy atom. The minimum absolute atomic E-state index is 0.0884. The number of benzene rings is 2. The predicted molar refractivity (Wildman–Crippen MR) is 134 cm³/mol. The van der Waals surface area contributed by atoms with E-state index in [-0.39, 0.29) is 30.9 Å². The maximum atomic E-state index is 13.7. The molecule has 1 spiro atoms. The third kappa shape index (κ3) is 5.09. The van der Waals surface area contributed by atoms with Gasteiger partial charge in [-0.15, -0.1) is 0 Å². The molecule has 5 rings (SSSR count). The van der Waals surface area contributed by atoms with Crippen LogP contribution in [0.25, 0.3) is 0 Å². The summed E-state index contributed by atoms with van der Waals surface area (Å²) in [6.07, 6.45) is 2.58. The molecule has 0 aliphatic carbocycles. The molecule has 2 amide bonds. The Labute approximate surface area is 211 Å². The van der Waals surface area contributed by atoms with Gasteiger partial charge in [-0.1, -0.05) is 48.5 Å². The van der Waals surface area contributed by atoms with Gasteiger partial charge in [0.1, 0.15) is 18.2 Å². The lowest BCUT2D eigenvalue weighted by Gasteiger charge is -2.52. The fourth-order valence-corrected chi connectivity index (χ4v) is 5.51. The van der Waals surface area contributed by atoms with Crippen molar-refractivity contribution >= 4 is 23.5 Å². The summed E-state index contributed by atoms with van der Waals surface area (Å²) in [7, 11) is 0. The molecule has 2 aromatic rings. The van der Waals surface area contributed by atoms with Crippen molar-refractivity contribution in [1.82, 2.24) is 10.2 Å². The first-order valence-electron chi connectivity index (χ1n) is 12.8. The lowest BCUT2D eigenvalue weighted by molar-refractivity contribution is -0.164. The quantitative estimate of drug-likeness (QED) is 0.600. The molecular weight excluding hydrogens is 458 g/mol. The number of rotatable bonds is 7. The third-order valence-electron chi connectivity index (χ3n) is 7.54. The number of anilines is 1. The number of piperazine rings is 1. The first kappa shape index (κ1) is 24.3. The molecule has 3 aliphatic rings. The van der Waals surface area contributed by atoms with Crippen LogP contribution in [0.5, 0.6) is 0 Å². The van der Waals surface area contributed by atoms with Crippen LogP contribution < -0.4 is 10.2 Å². The fourth-order valence-electron chi connectivity index (χ4n) is 5.51. The zero-order valence-corrected chi connectivity index (χ0v) is 20.4. The maximum Gasteiger partial charge on any atom is 0.308 e. The van der Waals surface area contributed by atoms with Crippen molar-refractivity contribution in [2.75, 3.05) is 31.1 Å². The molecule has 3 saturated heterocycles. The number of hydrogen-bond donors (Lipinski definition) is 1. The van der Waals surface area contributed by atoms with Crippen LogP contribution in [0.4, 0.5) is 5.69 Å². The summed E-state index contributed by atoms with van der Waals surface area (Å²) in [6, 6.07) is 18.6. The van der Waals surface area contributed by atoms with Crippen LogP contribution in [-0.2, 0) is 30.5 Å². The summed E-state index contributed by atoms with van der Waals surface area (Å²) in [5.41, 5.74) is 1.05. The number of piperidine rings is 1. The molecule has 0 aromatic heterocycles. The van der Waals surface area contributed by atoms with Gasteiger partial charge >= 0.3 is 5.97 Å². The van der Waals surface area contributed by atoms with Crippen molar-refractivity contribution in [3.63, 3.8) is 0 Å². The van der Waals surface area contributed by atoms with Gasteiger partial charge in [0, 0.05) is 31.9 Å². The lowest BCUT2D eigenvalue weighted by atomic mass is 9.81. The minimum atomic E-state index is -0.932. The molecule has 190 valence electrons. The van der Waals surface area contributed by atoms with Crippen LogP contribution in [0.2, 0.25) is 0 Å². The number of nitrogens with zero attached hydrogens (tertiary/aromatic N) is 2. The molecule has 8 heteroatoms. The Bertz CT molecular complexity index is 1060. The Morgan fingerprint density at radius 3 is 2.39 bits per heavy atom. The molecule has 2 aromatic carbocycles. The monoisotopic (exact) mass is 491 g/mol. The standard InChI is InChI=1S/C28H33N3O5/c32-25(36-20-21-8-3-1-4-9-21)18-24-26(33)31(19-23-12-7-17-35-23)28(27(34)29-24)13-15-30(16-14-28)22-10-5-2-6-11-22/h1-6,8-11,23-24H,7,12-20H2,(H,29,34). The minimum Gasteiger partial charge on any atom is -0.461 e. The third-order valence-corrected chi connectivity index (χ3v) is 7.54. The van der Waals surface area contributed by atoms with E-state index in [2.05, 4.69) is 22.3 Å². The van der Waals surface area contributed by atoms with Crippen LogP contribution in [0, 0.1) is 0 Å². The zero-order valence-electron chi connectivity index (χ0n) is 20.4. The highest BCUT2D eigenvalue weighted by molar-refractivity contribution is 6.01. The molecular formula is C28H33N3O5. The van der Waals surface area contributed by atoms with E-state index in [1.54, 1.807) is 4.90 Å². The van der Waals surface area contributed by atoms with Crippen LogP contribution in [0.1, 0.15) is 37.7 Å². The SMILES string of the molecule is O=C(CC1NC(=O)C2(CCN(c3ccccc3)CC2)N(CC2CCCO2)C1=O)OCc1ccccc1. The largest absolute Gasteiger partial charge is 0.461 e. The normalized spacial score (nSPS) is 23.6. The van der Waals surface area contributed by atoms with Crippen molar-refractivity contribution in [3.05, 3.63) is 66.2 Å². The van der Waals surface area contributed by atoms with E-state index >= 15 is 0 Å². The molecule has 3 aliphatic heterocycles. The van der Waals surface area contributed by atoms with E-state index in [1.807, 2.05) is 48.5 Å². The average molecular weight is 492 g/mol. The van der Waals surface area contributed by atoms with E-state index in [9.17, 15) is 14.4 Å². The highest BCUT2D eigenvalue weighted by Crippen LogP contribution is 2.36. The Kier molecular flexibility index (Phi) is 7.23. The van der Waals surface area contributed by atoms with Gasteiger partial charge in [0.2, 0.25) is 11.8 Å². The predicted octanol–water partition coefficient (Wildman–Crippen LogP) is 2.67. The molecule has 0 saturated carbocycles. The summed E-state index contributed by atoms with van der Waals surface area (Å²) in [6.45, 7) is 2.50. The van der Waals surface area contributed by atoms with Crippen LogP contribution in [0.3, 0.4) is 0 Å². The maximum absolute atomic E-state index is 13.7. The van der Waals surface area contributed by atoms with Crippen LogP contribution in [0.15, 0.2) is 60.7 Å². The summed E-state index contributed by atoms with van der Waals surface area (Å²) >= 11 is 0. The van der Waals surface area contributed by atoms with E-state index in [4.69, 9.17) is 9.47 Å². The van der Waals surface area contributed by atoms with Crippen LogP contribution >= 0.6 is 0 Å². The van der Waals surface area contributed by atoms with Gasteiger partial charge in [-0.2, -0.15) is 0 Å². The van der Waals surface area contributed by atoms with Crippen molar-refractivity contribution in [2.24, 2.45) is 0 Å². The Balaban J connectivity index is 1.29. The number of amides is 2. The summed E-state index contributed by atoms with van der Waals surface area (Å²) in [5, 5.41) is 2.87. The van der Waals surface area contributed by atoms with E-state index in [0.717, 1.165) is 24.1 Å². The topological polar surface area (TPSA) is 88.2 Å². The van der Waals surface area contributed by atoms with E-state index in [1.165, 1.54) is 0 Å². The number of hydrogen-bond acceptors (Lipinski definition) is 6. The number of carbonyl (C=O) groups is 3. The summed E-state index contributed by atoms with van der Waals surface area (Å²) < 4.78 is 11.2. The van der Waals surface area contributed by atoms with Gasteiger partial charge in [0.25, 0.3) is 0 Å². The molecule has 8 nitrogen and oxygen atoms in total. The number of nitrogens with one attached hydrogen (secondary N) is 1. The zero-order chi connectivity index (χ0) is 25.0. The second-order valence-electron chi connectivity index (χ2n) is 9.81. The first-order valence-corrected chi connectivity index (χ1v) is 12.8. The molecule has 2 atom stereocenters. The Morgan fingerprint density at radius 1 is 1.03 bits per heavy atom. The number of ether oxygens (including phenoxy) is 2. The van der Waals surface area contributed by atoms with E-state index in [0.29, 0.717) is 39.1 Å². The van der Waals surface area contributed by atoms with Gasteiger partial charge in [0.15, 0.2) is 0 Å². The van der Waals surface area contributed by atoms with Crippen molar-refractivity contribution in [2.45, 2.75) is 56.4 Å². The summed E-state index contributed by atoms with van der Waals surface area (Å²) in [4.78, 5) is 43.9. The van der Waals surface area contributed by atoms with Crippen molar-refractivity contribution in [1.29, 1.82) is 0 Å². The lowest BCUT2D eigenvalue weighted by Crippen LogP contribution is -2.73. The average Bonchev–Trinajstić information content (AvgIpc) is 3.44. The molecule has 3 fully saturated rings. The molecule has 3 heterocycles. The molecule has 0 bridgehead atoms. The smallest absolute Gasteiger partial charge is 0.308 e. The molecule has 36 heavy (non-hydrogen) atoms. The molecule has 2 unspecified atom stereocenters. The first-order chi connectivity index (χ1) is 17.5. The van der Waals surface area contributed by atoms with Gasteiger partial charge in [-0.05, 0) is 43.4 Å². The summed E-state index contributed by atoms with van der Waals surface area (Å²) in [5.74, 6) is -0.923. The highest BCUT2D eigenvalue weighted by Gasteiger charge is 2.54. The second-order valence-corrected chi connectivity index (χ2v) is 9.81. The number of para-hydroxylation sites is 1. The number of esters is 1. The Hall–Kier alpha value is -3.39. The second kappa shape index (κ2) is 10.7.